The molecule has 0 radical (unpaired) electrons. The number of aliphatic hydroxyl groups excluding tert-OH is 1. The Kier molecular flexibility index (Phi) is 3.03. The van der Waals surface area contributed by atoms with Crippen LogP contribution in [0.1, 0.15) is 35.3 Å². The molecular formula is C15H13F2NO. The van der Waals surface area contributed by atoms with Crippen LogP contribution in [0.5, 0.6) is 0 Å². The van der Waals surface area contributed by atoms with Crippen LogP contribution in [0.4, 0.5) is 8.78 Å². The summed E-state index contributed by atoms with van der Waals surface area (Å²) >= 11 is 0. The summed E-state index contributed by atoms with van der Waals surface area (Å²) in [6.45, 7) is 0. The molecule has 1 aromatic carbocycles. The molecule has 2 nitrogen and oxygen atoms in total. The van der Waals surface area contributed by atoms with Gasteiger partial charge in [0.15, 0.2) is 0 Å². The predicted molar refractivity (Wildman–Crippen MR) is 66.6 cm³/mol. The predicted octanol–water partition coefficient (Wildman–Crippen LogP) is 3.12. The molecule has 0 fully saturated rings. The van der Waals surface area contributed by atoms with Gasteiger partial charge in [-0.05, 0) is 42.2 Å². The van der Waals surface area contributed by atoms with Crippen molar-refractivity contribution in [2.75, 3.05) is 0 Å². The molecule has 0 bridgehead atoms. The van der Waals surface area contributed by atoms with Crippen LogP contribution in [0.3, 0.4) is 0 Å². The Morgan fingerprint density at radius 2 is 1.95 bits per heavy atom. The minimum atomic E-state index is -0.929. The van der Waals surface area contributed by atoms with Gasteiger partial charge in [-0.1, -0.05) is 6.07 Å². The number of benzene rings is 1. The van der Waals surface area contributed by atoms with Gasteiger partial charge in [-0.25, -0.2) is 8.78 Å². The lowest BCUT2D eigenvalue weighted by atomic mass is 9.93. The fourth-order valence-electron chi connectivity index (χ4n) is 2.73. The van der Waals surface area contributed by atoms with Crippen molar-refractivity contribution in [3.63, 3.8) is 0 Å². The maximum Gasteiger partial charge on any atom is 0.126 e. The highest BCUT2D eigenvalue weighted by molar-refractivity contribution is 5.32. The van der Waals surface area contributed by atoms with Gasteiger partial charge in [0.1, 0.15) is 11.6 Å². The number of rotatable bonds is 2. The lowest BCUT2D eigenvalue weighted by Gasteiger charge is -2.19. The van der Waals surface area contributed by atoms with Crippen molar-refractivity contribution in [2.24, 2.45) is 0 Å². The first kappa shape index (κ1) is 12.2. The van der Waals surface area contributed by atoms with Crippen LogP contribution in [0, 0.1) is 11.6 Å². The molecule has 0 saturated carbocycles. The van der Waals surface area contributed by atoms with E-state index in [0.717, 1.165) is 30.2 Å². The fourth-order valence-corrected chi connectivity index (χ4v) is 2.73. The molecule has 0 aliphatic heterocycles. The first-order valence-corrected chi connectivity index (χ1v) is 6.23. The van der Waals surface area contributed by atoms with E-state index in [9.17, 15) is 13.9 Å². The number of aliphatic hydroxyl groups is 1. The van der Waals surface area contributed by atoms with Crippen LogP contribution in [0.2, 0.25) is 0 Å². The van der Waals surface area contributed by atoms with Crippen LogP contribution < -0.4 is 0 Å². The first-order chi connectivity index (χ1) is 9.15. The molecule has 4 heteroatoms. The molecule has 2 aromatic rings. The average molecular weight is 261 g/mol. The third kappa shape index (κ3) is 2.24. The highest BCUT2D eigenvalue weighted by Crippen LogP contribution is 2.40. The maximum absolute atomic E-state index is 13.2. The maximum atomic E-state index is 13.2. The van der Waals surface area contributed by atoms with Crippen LogP contribution in [-0.2, 0) is 6.42 Å². The van der Waals surface area contributed by atoms with Crippen molar-refractivity contribution in [1.29, 1.82) is 0 Å². The number of hydrogen-bond acceptors (Lipinski definition) is 2. The molecule has 1 heterocycles. The number of pyridine rings is 1. The Labute approximate surface area is 109 Å². The Morgan fingerprint density at radius 1 is 1.21 bits per heavy atom. The third-order valence-electron chi connectivity index (χ3n) is 3.61. The van der Waals surface area contributed by atoms with E-state index in [2.05, 4.69) is 4.98 Å². The molecule has 2 unspecified atom stereocenters. The van der Waals surface area contributed by atoms with E-state index in [1.54, 1.807) is 6.20 Å². The summed E-state index contributed by atoms with van der Waals surface area (Å²) in [7, 11) is 0. The van der Waals surface area contributed by atoms with E-state index in [1.807, 2.05) is 12.1 Å². The van der Waals surface area contributed by atoms with Gasteiger partial charge in [0.2, 0.25) is 0 Å². The van der Waals surface area contributed by atoms with Gasteiger partial charge >= 0.3 is 0 Å². The number of halogens is 2. The van der Waals surface area contributed by atoms with Gasteiger partial charge in [0.05, 0.1) is 6.10 Å². The smallest absolute Gasteiger partial charge is 0.126 e. The molecule has 1 aliphatic carbocycles. The SMILES string of the molecule is OC(c1cc(F)cc(F)c1)C1CCc2cccnc21. The van der Waals surface area contributed by atoms with Crippen molar-refractivity contribution in [3.05, 3.63) is 65.0 Å². The molecule has 1 aliphatic rings. The summed E-state index contributed by atoms with van der Waals surface area (Å²) in [4.78, 5) is 4.28. The first-order valence-electron chi connectivity index (χ1n) is 6.23. The van der Waals surface area contributed by atoms with Crippen LogP contribution in [0.15, 0.2) is 36.5 Å². The number of aromatic nitrogens is 1. The second-order valence-corrected chi connectivity index (χ2v) is 4.84. The van der Waals surface area contributed by atoms with Crippen molar-refractivity contribution < 1.29 is 13.9 Å². The standard InChI is InChI=1S/C15H13F2NO/c16-11-6-10(7-12(17)8-11)15(19)13-4-3-9-2-1-5-18-14(9)13/h1-2,5-8,13,15,19H,3-4H2. The fraction of sp³-hybridized carbons (Fsp3) is 0.267. The van der Waals surface area contributed by atoms with Crippen LogP contribution in [-0.4, -0.2) is 10.1 Å². The van der Waals surface area contributed by atoms with Gasteiger partial charge in [-0.15, -0.1) is 0 Å². The molecule has 3 rings (SSSR count). The lowest BCUT2D eigenvalue weighted by Crippen LogP contribution is -2.10. The van der Waals surface area contributed by atoms with E-state index in [4.69, 9.17) is 0 Å². The van der Waals surface area contributed by atoms with Crippen molar-refractivity contribution in [1.82, 2.24) is 4.98 Å². The summed E-state index contributed by atoms with van der Waals surface area (Å²) in [6, 6.07) is 6.98. The monoisotopic (exact) mass is 261 g/mol. The Morgan fingerprint density at radius 3 is 2.68 bits per heavy atom. The van der Waals surface area contributed by atoms with Gasteiger partial charge in [-0.2, -0.15) is 0 Å². The van der Waals surface area contributed by atoms with E-state index in [-0.39, 0.29) is 11.5 Å². The quantitative estimate of drug-likeness (QED) is 0.901. The zero-order chi connectivity index (χ0) is 13.4. The van der Waals surface area contributed by atoms with Gasteiger partial charge < -0.3 is 5.11 Å². The summed E-state index contributed by atoms with van der Waals surface area (Å²) < 4.78 is 26.4. The summed E-state index contributed by atoms with van der Waals surface area (Å²) in [5, 5.41) is 10.3. The lowest BCUT2D eigenvalue weighted by molar-refractivity contribution is 0.142. The highest BCUT2D eigenvalue weighted by atomic mass is 19.1. The summed E-state index contributed by atoms with van der Waals surface area (Å²) in [6.07, 6.45) is 2.33. The summed E-state index contributed by atoms with van der Waals surface area (Å²) in [5.74, 6) is -1.54. The van der Waals surface area contributed by atoms with Crippen LogP contribution in [0.25, 0.3) is 0 Å². The number of nitrogens with zero attached hydrogens (tertiary/aromatic N) is 1. The molecular weight excluding hydrogens is 248 g/mol. The topological polar surface area (TPSA) is 33.1 Å². The van der Waals surface area contributed by atoms with E-state index < -0.39 is 17.7 Å². The number of hydrogen-bond donors (Lipinski definition) is 1. The van der Waals surface area contributed by atoms with E-state index in [1.165, 1.54) is 12.1 Å². The highest BCUT2D eigenvalue weighted by Gasteiger charge is 2.31. The molecule has 19 heavy (non-hydrogen) atoms. The van der Waals surface area contributed by atoms with E-state index >= 15 is 0 Å². The normalized spacial score (nSPS) is 19.2. The average Bonchev–Trinajstić information content (AvgIpc) is 2.80. The van der Waals surface area contributed by atoms with Gasteiger partial charge in [0, 0.05) is 23.9 Å². The molecule has 0 amide bonds. The largest absolute Gasteiger partial charge is 0.388 e. The molecule has 0 spiro atoms. The second-order valence-electron chi connectivity index (χ2n) is 4.84. The van der Waals surface area contributed by atoms with E-state index in [0.29, 0.717) is 0 Å². The zero-order valence-corrected chi connectivity index (χ0v) is 10.2. The molecule has 1 aromatic heterocycles. The molecule has 2 atom stereocenters. The van der Waals surface area contributed by atoms with Crippen molar-refractivity contribution >= 4 is 0 Å². The second kappa shape index (κ2) is 4.70. The Hall–Kier alpha value is -1.81. The Balaban J connectivity index is 1.95. The minimum absolute atomic E-state index is 0.197. The molecule has 1 N–H and O–H groups in total. The van der Waals surface area contributed by atoms with Crippen LogP contribution >= 0.6 is 0 Å². The molecule has 98 valence electrons. The van der Waals surface area contributed by atoms with Crippen molar-refractivity contribution in [2.45, 2.75) is 24.9 Å². The number of aryl methyl sites for hydroxylation is 1. The van der Waals surface area contributed by atoms with Gasteiger partial charge in [-0.3, -0.25) is 4.98 Å². The van der Waals surface area contributed by atoms with Crippen molar-refractivity contribution in [3.8, 4) is 0 Å². The van der Waals surface area contributed by atoms with Gasteiger partial charge in [0.25, 0.3) is 0 Å². The molecule has 0 saturated heterocycles. The third-order valence-corrected chi connectivity index (χ3v) is 3.61. The number of fused-ring (bicyclic) bond motifs is 1. The Bertz CT molecular complexity index is 595. The zero-order valence-electron chi connectivity index (χ0n) is 10.2. The summed E-state index contributed by atoms with van der Waals surface area (Å²) in [5.41, 5.74) is 2.20. The minimum Gasteiger partial charge on any atom is -0.388 e.